The van der Waals surface area contributed by atoms with E-state index in [2.05, 4.69) is 74.6 Å². The normalized spacial score (nSPS) is 19.8. The summed E-state index contributed by atoms with van der Waals surface area (Å²) in [5.74, 6) is -0.335. The number of hydrogen-bond donors (Lipinski definition) is 4. The molecule has 0 aromatic heterocycles. The van der Waals surface area contributed by atoms with E-state index < -0.39 is 43.4 Å². The van der Waals surface area contributed by atoms with E-state index in [9.17, 15) is 25.2 Å². The highest BCUT2D eigenvalue weighted by Gasteiger charge is 2.44. The first kappa shape index (κ1) is 61.9. The maximum atomic E-state index is 12.8. The minimum Gasteiger partial charge on any atom is -0.457 e. The number of unbranched alkanes of at least 4 members (excludes halogenated alkanes) is 26. The van der Waals surface area contributed by atoms with Crippen LogP contribution < -0.4 is 0 Å². The van der Waals surface area contributed by atoms with E-state index in [0.29, 0.717) is 6.61 Å². The second-order valence-electron chi connectivity index (χ2n) is 18.6. The van der Waals surface area contributed by atoms with Crippen LogP contribution in [-0.2, 0) is 23.7 Å². The lowest BCUT2D eigenvalue weighted by atomic mass is 9.99. The van der Waals surface area contributed by atoms with Gasteiger partial charge in [0.25, 0.3) is 0 Å². The van der Waals surface area contributed by atoms with E-state index in [0.717, 1.165) is 70.6 Å². The molecule has 1 aliphatic rings. The highest BCUT2D eigenvalue weighted by molar-refractivity contribution is 5.69. The lowest BCUT2D eigenvalue weighted by Crippen LogP contribution is -2.59. The Labute approximate surface area is 405 Å². The van der Waals surface area contributed by atoms with Gasteiger partial charge in [0.05, 0.1) is 19.8 Å². The van der Waals surface area contributed by atoms with Gasteiger partial charge in [0.1, 0.15) is 30.5 Å². The molecule has 0 aromatic rings. The zero-order valence-corrected chi connectivity index (χ0v) is 42.4. The Morgan fingerprint density at radius 1 is 0.500 bits per heavy atom. The number of hydrogen-bond acceptors (Lipinski definition) is 9. The summed E-state index contributed by atoms with van der Waals surface area (Å²) < 4.78 is 22.9. The van der Waals surface area contributed by atoms with E-state index in [1.807, 2.05) is 0 Å². The lowest BCUT2D eigenvalue weighted by Gasteiger charge is -2.39. The average Bonchev–Trinajstić information content (AvgIpc) is 3.32. The van der Waals surface area contributed by atoms with Crippen molar-refractivity contribution in [2.45, 2.75) is 269 Å². The van der Waals surface area contributed by atoms with Crippen LogP contribution in [0.25, 0.3) is 0 Å². The highest BCUT2D eigenvalue weighted by Crippen LogP contribution is 2.23. The summed E-state index contributed by atoms with van der Waals surface area (Å²) in [5.41, 5.74) is 0. The monoisotopic (exact) mass is 931 g/mol. The third-order valence-corrected chi connectivity index (χ3v) is 12.4. The Balaban J connectivity index is 2.16. The molecule has 9 nitrogen and oxygen atoms in total. The van der Waals surface area contributed by atoms with Crippen molar-refractivity contribution in [1.82, 2.24) is 0 Å². The van der Waals surface area contributed by atoms with Crippen LogP contribution in [0.15, 0.2) is 60.8 Å². The summed E-state index contributed by atoms with van der Waals surface area (Å²) in [6.45, 7) is 4.44. The van der Waals surface area contributed by atoms with Crippen molar-refractivity contribution in [2.24, 2.45) is 0 Å². The van der Waals surface area contributed by atoms with Gasteiger partial charge in [-0.15, -0.1) is 0 Å². The standard InChI is InChI=1S/C57H102O9/c1-3-5-7-9-11-13-15-17-19-21-22-23-24-25-26-27-28-29-31-33-35-37-39-41-43-45-47-63-49-51(50-64-57-56(62)55(61)54(60)52(48-58)66-57)65-53(59)46-44-42-40-38-36-34-32-30-20-18-16-14-12-10-8-6-4-2/h6,8,12,14,18,20-22,32,34,51-52,54-58,60-62H,3-5,7,9-11,13,15-17,19,23-31,33,35-50H2,1-2H3/b8-6-,14-12-,20-18-,22-21-,34-32-. The highest BCUT2D eigenvalue weighted by atomic mass is 16.7. The molecule has 0 radical (unpaired) electrons. The molecule has 1 heterocycles. The van der Waals surface area contributed by atoms with Crippen LogP contribution in [0, 0.1) is 0 Å². The Hall–Kier alpha value is -2.11. The van der Waals surface area contributed by atoms with E-state index in [1.165, 1.54) is 141 Å². The molecule has 0 bridgehead atoms. The largest absolute Gasteiger partial charge is 0.457 e. The molecule has 0 spiro atoms. The van der Waals surface area contributed by atoms with Crippen LogP contribution in [-0.4, -0.2) is 89.6 Å². The molecule has 0 amide bonds. The minimum atomic E-state index is -1.54. The van der Waals surface area contributed by atoms with Gasteiger partial charge in [-0.05, 0) is 77.0 Å². The first-order valence-corrected chi connectivity index (χ1v) is 27.4. The Kier molecular flexibility index (Phi) is 45.0. The van der Waals surface area contributed by atoms with Crippen molar-refractivity contribution < 1.29 is 44.2 Å². The van der Waals surface area contributed by atoms with Crippen molar-refractivity contribution in [3.63, 3.8) is 0 Å². The summed E-state index contributed by atoms with van der Waals surface area (Å²) in [6, 6.07) is 0. The number of carbonyl (C=O) groups is 1. The summed E-state index contributed by atoms with van der Waals surface area (Å²) >= 11 is 0. The van der Waals surface area contributed by atoms with Crippen molar-refractivity contribution in [3.05, 3.63) is 60.8 Å². The zero-order chi connectivity index (χ0) is 47.8. The molecule has 1 rings (SSSR count). The lowest BCUT2D eigenvalue weighted by molar-refractivity contribution is -0.305. The Morgan fingerprint density at radius 3 is 1.41 bits per heavy atom. The summed E-state index contributed by atoms with van der Waals surface area (Å²) in [7, 11) is 0. The summed E-state index contributed by atoms with van der Waals surface area (Å²) in [6.07, 6.45) is 55.6. The fraction of sp³-hybridized carbons (Fsp3) is 0.807. The molecule has 1 aliphatic heterocycles. The van der Waals surface area contributed by atoms with Gasteiger partial charge >= 0.3 is 5.97 Å². The molecule has 1 fully saturated rings. The van der Waals surface area contributed by atoms with Crippen LogP contribution in [0.3, 0.4) is 0 Å². The van der Waals surface area contributed by atoms with Gasteiger partial charge in [0.2, 0.25) is 0 Å². The Bertz CT molecular complexity index is 1200. The predicted molar refractivity (Wildman–Crippen MR) is 274 cm³/mol. The van der Waals surface area contributed by atoms with Crippen molar-refractivity contribution in [3.8, 4) is 0 Å². The molecular formula is C57H102O9. The third-order valence-electron chi connectivity index (χ3n) is 12.4. The van der Waals surface area contributed by atoms with Crippen LogP contribution in [0.5, 0.6) is 0 Å². The van der Waals surface area contributed by atoms with Gasteiger partial charge in [-0.3, -0.25) is 4.79 Å². The van der Waals surface area contributed by atoms with Gasteiger partial charge in [0, 0.05) is 13.0 Å². The molecule has 66 heavy (non-hydrogen) atoms. The number of ether oxygens (including phenoxy) is 4. The van der Waals surface area contributed by atoms with Gasteiger partial charge in [-0.2, -0.15) is 0 Å². The van der Waals surface area contributed by atoms with Crippen LogP contribution >= 0.6 is 0 Å². The van der Waals surface area contributed by atoms with Crippen LogP contribution in [0.4, 0.5) is 0 Å². The molecule has 0 saturated carbocycles. The Morgan fingerprint density at radius 2 is 0.924 bits per heavy atom. The average molecular weight is 931 g/mol. The quantitative estimate of drug-likeness (QED) is 0.0267. The molecule has 384 valence electrons. The molecule has 1 saturated heterocycles. The number of esters is 1. The van der Waals surface area contributed by atoms with Crippen molar-refractivity contribution in [1.29, 1.82) is 0 Å². The predicted octanol–water partition coefficient (Wildman–Crippen LogP) is 13.8. The zero-order valence-electron chi connectivity index (χ0n) is 42.4. The topological polar surface area (TPSA) is 135 Å². The van der Waals surface area contributed by atoms with Crippen molar-refractivity contribution >= 4 is 5.97 Å². The maximum absolute atomic E-state index is 12.8. The van der Waals surface area contributed by atoms with Gasteiger partial charge in [-0.1, -0.05) is 209 Å². The fourth-order valence-electron chi connectivity index (χ4n) is 8.19. The van der Waals surface area contributed by atoms with Crippen LogP contribution in [0.1, 0.15) is 232 Å². The molecule has 4 N–H and O–H groups in total. The van der Waals surface area contributed by atoms with Crippen molar-refractivity contribution in [2.75, 3.05) is 26.4 Å². The number of aliphatic hydroxyl groups is 4. The minimum absolute atomic E-state index is 0.124. The molecular weight excluding hydrogens is 829 g/mol. The fourth-order valence-corrected chi connectivity index (χ4v) is 8.19. The number of rotatable bonds is 47. The number of allylic oxidation sites excluding steroid dienone is 10. The van der Waals surface area contributed by atoms with Gasteiger partial charge < -0.3 is 39.4 Å². The molecule has 9 heteroatoms. The summed E-state index contributed by atoms with van der Waals surface area (Å²) in [5, 5.41) is 40.3. The maximum Gasteiger partial charge on any atom is 0.306 e. The number of carbonyl (C=O) groups excluding carboxylic acids is 1. The summed E-state index contributed by atoms with van der Waals surface area (Å²) in [4.78, 5) is 12.8. The van der Waals surface area contributed by atoms with Gasteiger partial charge in [0.15, 0.2) is 6.29 Å². The SMILES string of the molecule is CC/C=C\C/C=C\C/C=C\C/C=C\CCCCCCC(=O)OC(COCCCCCCCCCCCCCCCC/C=C\CCCCCCCCCC)COC1OC(CO)C(O)C(O)C1O. The second kappa shape index (κ2) is 47.9. The first-order valence-electron chi connectivity index (χ1n) is 27.4. The van der Waals surface area contributed by atoms with E-state index in [-0.39, 0.29) is 25.6 Å². The molecule has 6 unspecified atom stereocenters. The third kappa shape index (κ3) is 37.8. The number of aliphatic hydroxyl groups excluding tert-OH is 4. The molecule has 0 aromatic carbocycles. The molecule has 6 atom stereocenters. The first-order chi connectivity index (χ1) is 32.4. The van der Waals surface area contributed by atoms with E-state index >= 15 is 0 Å². The smallest absolute Gasteiger partial charge is 0.306 e. The van der Waals surface area contributed by atoms with Crippen LogP contribution in [0.2, 0.25) is 0 Å². The van der Waals surface area contributed by atoms with E-state index in [4.69, 9.17) is 18.9 Å². The second-order valence-corrected chi connectivity index (χ2v) is 18.6. The molecule has 0 aliphatic carbocycles. The van der Waals surface area contributed by atoms with E-state index in [1.54, 1.807) is 0 Å². The van der Waals surface area contributed by atoms with Gasteiger partial charge in [-0.25, -0.2) is 0 Å².